The number of hydrogen-bond acceptors (Lipinski definition) is 7. The highest BCUT2D eigenvalue weighted by Gasteiger charge is 2.49. The zero-order valence-corrected chi connectivity index (χ0v) is 24.6. The van der Waals surface area contributed by atoms with E-state index in [1.165, 1.54) is 43.9 Å². The minimum Gasteiger partial charge on any atom is -0.466 e. The summed E-state index contributed by atoms with van der Waals surface area (Å²) in [5.74, 6) is -1.30. The molecule has 0 amide bonds. The van der Waals surface area contributed by atoms with Gasteiger partial charge in [0.15, 0.2) is 17.3 Å². The van der Waals surface area contributed by atoms with Crippen molar-refractivity contribution in [3.05, 3.63) is 66.8 Å². The van der Waals surface area contributed by atoms with E-state index in [0.717, 1.165) is 35.7 Å². The molecular formula is C31H31F2N5O4S. The number of ether oxygens (including phenoxy) is 1. The van der Waals surface area contributed by atoms with Crippen LogP contribution in [0.3, 0.4) is 0 Å². The second-order valence-electron chi connectivity index (χ2n) is 11.9. The average Bonchev–Trinajstić information content (AvgIpc) is 3.55. The summed E-state index contributed by atoms with van der Waals surface area (Å²) in [5, 5.41) is 0.689. The van der Waals surface area contributed by atoms with Crippen LogP contribution in [0.5, 0.6) is 0 Å². The number of carbonyl (C=O) groups is 1. The van der Waals surface area contributed by atoms with Crippen LogP contribution in [0.25, 0.3) is 33.5 Å². The van der Waals surface area contributed by atoms with Gasteiger partial charge in [-0.2, -0.15) is 0 Å². The Morgan fingerprint density at radius 3 is 2.60 bits per heavy atom. The first-order valence-corrected chi connectivity index (χ1v) is 16.0. The lowest BCUT2D eigenvalue weighted by molar-refractivity contribution is -0.157. The van der Waals surface area contributed by atoms with E-state index in [-0.39, 0.29) is 53.7 Å². The van der Waals surface area contributed by atoms with Crippen molar-refractivity contribution in [3.8, 4) is 11.4 Å². The molecule has 9 nitrogen and oxygen atoms in total. The molecule has 0 N–H and O–H groups in total. The fourth-order valence-corrected chi connectivity index (χ4v) is 8.97. The Labute approximate surface area is 247 Å². The summed E-state index contributed by atoms with van der Waals surface area (Å²) in [6.45, 7) is 3.52. The molecule has 43 heavy (non-hydrogen) atoms. The topological polar surface area (TPSA) is 109 Å². The Kier molecular flexibility index (Phi) is 6.53. The van der Waals surface area contributed by atoms with Gasteiger partial charge in [0.2, 0.25) is 10.0 Å². The molecule has 4 aromatic rings. The summed E-state index contributed by atoms with van der Waals surface area (Å²) in [6.07, 6.45) is 13.3. The number of halogens is 2. The highest BCUT2D eigenvalue weighted by molar-refractivity contribution is 7.91. The fourth-order valence-electron chi connectivity index (χ4n) is 7.34. The van der Waals surface area contributed by atoms with Gasteiger partial charge >= 0.3 is 5.97 Å². The summed E-state index contributed by atoms with van der Waals surface area (Å²) in [7, 11) is -4.19. The van der Waals surface area contributed by atoms with Crippen LogP contribution < -0.4 is 0 Å². The number of hydrogen-bond donors (Lipinski definition) is 0. The maximum absolute atomic E-state index is 15.4. The molecule has 0 aliphatic heterocycles. The summed E-state index contributed by atoms with van der Waals surface area (Å²) < 4.78 is 64.2. The zero-order chi connectivity index (χ0) is 30.1. The highest BCUT2D eigenvalue weighted by Crippen LogP contribution is 2.52. The van der Waals surface area contributed by atoms with Crippen LogP contribution in [0.4, 0.5) is 8.78 Å². The van der Waals surface area contributed by atoms with Crippen molar-refractivity contribution < 1.29 is 26.7 Å². The zero-order valence-electron chi connectivity index (χ0n) is 23.8. The van der Waals surface area contributed by atoms with E-state index in [1.807, 2.05) is 0 Å². The third-order valence-corrected chi connectivity index (χ3v) is 11.7. The molecule has 2 bridgehead atoms. The van der Waals surface area contributed by atoms with Crippen LogP contribution in [-0.2, 0) is 19.6 Å². The van der Waals surface area contributed by atoms with E-state index in [2.05, 4.69) is 9.97 Å². The molecule has 4 heterocycles. The molecule has 8 rings (SSSR count). The van der Waals surface area contributed by atoms with Crippen LogP contribution in [0.1, 0.15) is 52.0 Å². The van der Waals surface area contributed by atoms with Crippen molar-refractivity contribution in [2.24, 2.45) is 17.8 Å². The number of fused-ring (bicyclic) bond motifs is 5. The van der Waals surface area contributed by atoms with E-state index in [4.69, 9.17) is 9.72 Å². The van der Waals surface area contributed by atoms with Crippen molar-refractivity contribution in [1.29, 1.82) is 0 Å². The minimum absolute atomic E-state index is 0.0883. The molecule has 3 atom stereocenters. The van der Waals surface area contributed by atoms with Crippen LogP contribution in [0, 0.1) is 23.6 Å². The number of aromatic nitrogens is 5. The Morgan fingerprint density at radius 2 is 1.86 bits per heavy atom. The van der Waals surface area contributed by atoms with Gasteiger partial charge < -0.3 is 9.30 Å². The second-order valence-corrected chi connectivity index (χ2v) is 14.2. The van der Waals surface area contributed by atoms with E-state index < -0.39 is 32.3 Å². The number of nitrogens with zero attached hydrogens (tertiary/aromatic N) is 5. The molecule has 0 saturated heterocycles. The first kappa shape index (κ1) is 27.9. The van der Waals surface area contributed by atoms with Gasteiger partial charge in [0, 0.05) is 35.7 Å². The number of carbonyl (C=O) groups excluding carboxylic acids is 1. The van der Waals surface area contributed by atoms with Gasteiger partial charge in [-0.15, -0.1) is 0 Å². The van der Waals surface area contributed by atoms with Gasteiger partial charge in [-0.05, 0) is 82.1 Å². The molecule has 3 saturated carbocycles. The highest BCUT2D eigenvalue weighted by atomic mass is 32.2. The normalized spacial score (nSPS) is 27.1. The van der Waals surface area contributed by atoms with Crippen LogP contribution >= 0.6 is 0 Å². The van der Waals surface area contributed by atoms with E-state index in [0.29, 0.717) is 16.6 Å². The third-order valence-electron chi connectivity index (χ3n) is 9.44. The molecule has 4 aromatic heterocycles. The van der Waals surface area contributed by atoms with Crippen molar-refractivity contribution in [1.82, 2.24) is 23.5 Å². The Morgan fingerprint density at radius 1 is 1.09 bits per heavy atom. The molecule has 0 aromatic carbocycles. The quantitative estimate of drug-likeness (QED) is 0.252. The predicted molar refractivity (Wildman–Crippen MR) is 156 cm³/mol. The lowest BCUT2D eigenvalue weighted by Crippen LogP contribution is -2.45. The van der Waals surface area contributed by atoms with Crippen LogP contribution in [0.2, 0.25) is 0 Å². The first-order valence-electron chi connectivity index (χ1n) is 14.6. The lowest BCUT2D eigenvalue weighted by Gasteiger charge is -2.47. The van der Waals surface area contributed by atoms with Gasteiger partial charge in [-0.1, -0.05) is 6.08 Å². The Balaban J connectivity index is 1.38. The number of pyridine rings is 1. The van der Waals surface area contributed by atoms with Gasteiger partial charge in [-0.25, -0.2) is 36.1 Å². The van der Waals surface area contributed by atoms with Crippen LogP contribution in [0.15, 0.2) is 61.0 Å². The van der Waals surface area contributed by atoms with Crippen molar-refractivity contribution in [2.45, 2.75) is 56.7 Å². The maximum atomic E-state index is 15.4. The van der Waals surface area contributed by atoms with Crippen molar-refractivity contribution in [2.75, 3.05) is 6.61 Å². The predicted octanol–water partition coefficient (Wildman–Crippen LogP) is 5.88. The molecule has 12 heteroatoms. The van der Waals surface area contributed by atoms with Crippen LogP contribution in [-0.4, -0.2) is 49.2 Å². The smallest absolute Gasteiger partial charge is 0.311 e. The molecule has 224 valence electrons. The van der Waals surface area contributed by atoms with Gasteiger partial charge in [0.1, 0.15) is 16.2 Å². The van der Waals surface area contributed by atoms with Crippen molar-refractivity contribution in [3.63, 3.8) is 0 Å². The molecule has 1 unspecified atom stereocenters. The molecule has 3 fully saturated rings. The van der Waals surface area contributed by atoms with E-state index in [9.17, 15) is 17.6 Å². The monoisotopic (exact) mass is 607 g/mol. The average molecular weight is 608 g/mol. The van der Waals surface area contributed by atoms with Gasteiger partial charge in [-0.3, -0.25) is 4.79 Å². The number of rotatable bonds is 6. The molecule has 4 aliphatic rings. The maximum Gasteiger partial charge on any atom is 0.311 e. The van der Waals surface area contributed by atoms with E-state index >= 15 is 4.39 Å². The molecular weight excluding hydrogens is 576 g/mol. The number of allylic oxidation sites excluding steroid dienone is 3. The van der Waals surface area contributed by atoms with Crippen molar-refractivity contribution >= 4 is 38.1 Å². The van der Waals surface area contributed by atoms with Gasteiger partial charge in [0.05, 0.1) is 24.0 Å². The molecule has 0 radical (unpaired) electrons. The standard InChI is InChI=1S/C31H31F2N5O4S/c1-3-42-30(39)25-18-8-10-19(11-9-18)26(25)37-17-24(33)22-15-35-27(36-29(22)37)23-16-38(28-21(23)7-5-13-34-28)43(40,41)31(2)12-4-6-20(32)14-31/h4-7,13-19,25-26H,3,8-12H2,1-2H3/t18?,19?,25-,26-,31?/m0/s1. The van der Waals surface area contributed by atoms with E-state index in [1.54, 1.807) is 23.6 Å². The summed E-state index contributed by atoms with van der Waals surface area (Å²) in [6, 6.07) is 3.08. The Hall–Kier alpha value is -3.93. The SMILES string of the molecule is CCOC(=O)[C@H]1C2CCC(CC2)[C@@H]1n1cc(F)c2cnc(-c3cn(S(=O)(=O)C4(C)C=C(F)C=CC4)c4ncccc34)nc21. The summed E-state index contributed by atoms with van der Waals surface area (Å²) >= 11 is 0. The lowest BCUT2D eigenvalue weighted by atomic mass is 9.61. The first-order chi connectivity index (χ1) is 20.6. The Bertz CT molecular complexity index is 1940. The van der Waals surface area contributed by atoms with Gasteiger partial charge in [0.25, 0.3) is 0 Å². The third kappa shape index (κ3) is 4.24. The number of esters is 1. The second kappa shape index (κ2) is 10.1. The largest absolute Gasteiger partial charge is 0.466 e. The summed E-state index contributed by atoms with van der Waals surface area (Å²) in [5.41, 5.74) is 0.865. The molecule has 4 aliphatic carbocycles. The summed E-state index contributed by atoms with van der Waals surface area (Å²) in [4.78, 5) is 26.7. The minimum atomic E-state index is -4.19. The molecule has 0 spiro atoms. The fraction of sp³-hybridized carbons (Fsp3) is 0.419.